The van der Waals surface area contributed by atoms with Crippen LogP contribution in [0.4, 0.5) is 0 Å². The van der Waals surface area contributed by atoms with Gasteiger partial charge in [-0.1, -0.05) is 0 Å². The molecule has 6 nitrogen and oxygen atoms in total. The number of nitrogens with one attached hydrogen (secondary N) is 1. The van der Waals surface area contributed by atoms with Crippen LogP contribution in [-0.2, 0) is 18.2 Å². The average Bonchev–Trinajstić information content (AvgIpc) is 2.75. The Balaban J connectivity index is 2.08. The van der Waals surface area contributed by atoms with E-state index in [1.807, 2.05) is 26.4 Å². The van der Waals surface area contributed by atoms with E-state index in [4.69, 9.17) is 10.5 Å². The molecule has 0 unspecified atom stereocenters. The minimum Gasteiger partial charge on any atom is -0.382 e. The highest BCUT2D eigenvalue weighted by molar-refractivity contribution is 5.77. The van der Waals surface area contributed by atoms with E-state index in [0.717, 1.165) is 32.6 Å². The second kappa shape index (κ2) is 8.52. The number of ether oxygens (including phenoxy) is 1. The Morgan fingerprint density at radius 1 is 1.61 bits per heavy atom. The zero-order valence-electron chi connectivity index (χ0n) is 11.2. The minimum absolute atomic E-state index is 0.496. The molecule has 1 aromatic heterocycles. The molecular formula is C12H23N5O. The van der Waals surface area contributed by atoms with Crippen LogP contribution in [0.25, 0.3) is 0 Å². The van der Waals surface area contributed by atoms with Crippen molar-refractivity contribution in [1.29, 1.82) is 0 Å². The molecule has 0 aliphatic carbocycles. The van der Waals surface area contributed by atoms with Gasteiger partial charge < -0.3 is 15.8 Å². The second-order valence-corrected chi connectivity index (χ2v) is 4.02. The summed E-state index contributed by atoms with van der Waals surface area (Å²) in [6.07, 6.45) is 5.65. The highest BCUT2D eigenvalue weighted by Gasteiger charge is 1.96. The summed E-state index contributed by atoms with van der Waals surface area (Å²) in [4.78, 5) is 4.21. The lowest BCUT2D eigenvalue weighted by Crippen LogP contribution is -2.33. The summed E-state index contributed by atoms with van der Waals surface area (Å²) in [6.45, 7) is 4.95. The van der Waals surface area contributed by atoms with Crippen molar-refractivity contribution in [3.63, 3.8) is 0 Å². The number of hydrogen-bond acceptors (Lipinski definition) is 3. The number of aliphatic imine (C=N–C) groups is 1. The van der Waals surface area contributed by atoms with Gasteiger partial charge in [0.25, 0.3) is 0 Å². The Morgan fingerprint density at radius 2 is 2.44 bits per heavy atom. The quantitative estimate of drug-likeness (QED) is 0.397. The van der Waals surface area contributed by atoms with Crippen molar-refractivity contribution in [2.24, 2.45) is 17.8 Å². The first-order valence-electron chi connectivity index (χ1n) is 6.31. The van der Waals surface area contributed by atoms with Crippen molar-refractivity contribution < 1.29 is 4.74 Å². The molecule has 18 heavy (non-hydrogen) atoms. The molecule has 3 N–H and O–H groups in total. The van der Waals surface area contributed by atoms with Crippen molar-refractivity contribution in [2.75, 3.05) is 26.3 Å². The van der Waals surface area contributed by atoms with E-state index in [0.29, 0.717) is 12.5 Å². The molecule has 1 aromatic rings. The number of rotatable bonds is 8. The van der Waals surface area contributed by atoms with E-state index in [-0.39, 0.29) is 0 Å². The fraction of sp³-hybridized carbons (Fsp3) is 0.667. The molecule has 0 saturated carbocycles. The maximum Gasteiger partial charge on any atom is 0.188 e. The Labute approximate surface area is 108 Å². The van der Waals surface area contributed by atoms with Gasteiger partial charge in [-0.15, -0.1) is 0 Å². The van der Waals surface area contributed by atoms with Gasteiger partial charge in [-0.2, -0.15) is 5.10 Å². The van der Waals surface area contributed by atoms with Crippen LogP contribution in [-0.4, -0.2) is 42.0 Å². The molecule has 0 aliphatic heterocycles. The van der Waals surface area contributed by atoms with Gasteiger partial charge in [-0.05, 0) is 25.3 Å². The molecule has 0 bridgehead atoms. The van der Waals surface area contributed by atoms with Gasteiger partial charge in [0.1, 0.15) is 0 Å². The fourth-order valence-electron chi connectivity index (χ4n) is 1.50. The van der Waals surface area contributed by atoms with Gasteiger partial charge in [-0.25, -0.2) is 0 Å². The van der Waals surface area contributed by atoms with Crippen molar-refractivity contribution >= 4 is 5.96 Å². The Bertz CT molecular complexity index is 361. The zero-order chi connectivity index (χ0) is 13.2. The largest absolute Gasteiger partial charge is 0.382 e. The van der Waals surface area contributed by atoms with Crippen LogP contribution in [0.2, 0.25) is 0 Å². The van der Waals surface area contributed by atoms with Crippen molar-refractivity contribution in [3.05, 3.63) is 18.0 Å². The first-order chi connectivity index (χ1) is 8.72. The lowest BCUT2D eigenvalue weighted by Gasteiger charge is -2.04. The predicted octanol–water partition coefficient (Wildman–Crippen LogP) is 0.294. The average molecular weight is 253 g/mol. The van der Waals surface area contributed by atoms with Gasteiger partial charge in [0.05, 0.1) is 6.20 Å². The third-order valence-corrected chi connectivity index (χ3v) is 2.41. The van der Waals surface area contributed by atoms with Crippen LogP contribution in [0.1, 0.15) is 18.9 Å². The molecule has 0 aliphatic rings. The molecule has 0 atom stereocenters. The van der Waals surface area contributed by atoms with E-state index >= 15 is 0 Å². The molecule has 0 amide bonds. The molecule has 0 aromatic carbocycles. The molecule has 0 fully saturated rings. The van der Waals surface area contributed by atoms with Gasteiger partial charge >= 0.3 is 0 Å². The SMILES string of the molecule is CCOCCCN=C(N)NCCc1cnn(C)c1. The number of aryl methyl sites for hydroxylation is 1. The van der Waals surface area contributed by atoms with Gasteiger partial charge in [0.2, 0.25) is 0 Å². The van der Waals surface area contributed by atoms with Gasteiger partial charge in [0, 0.05) is 39.5 Å². The van der Waals surface area contributed by atoms with E-state index in [1.165, 1.54) is 5.56 Å². The highest BCUT2D eigenvalue weighted by Crippen LogP contribution is 1.95. The summed E-state index contributed by atoms with van der Waals surface area (Å²) in [5, 5.41) is 7.19. The van der Waals surface area contributed by atoms with E-state index < -0.39 is 0 Å². The van der Waals surface area contributed by atoms with Crippen LogP contribution in [0, 0.1) is 0 Å². The standard InChI is InChI=1S/C12H23N5O/c1-3-18-8-4-6-14-12(13)15-7-5-11-9-16-17(2)10-11/h9-10H,3-8H2,1-2H3,(H3,13,14,15). The maximum atomic E-state index is 5.74. The van der Waals surface area contributed by atoms with Crippen molar-refractivity contribution in [3.8, 4) is 0 Å². The summed E-state index contributed by atoms with van der Waals surface area (Å²) in [6, 6.07) is 0. The number of aromatic nitrogens is 2. The first kappa shape index (κ1) is 14.5. The minimum atomic E-state index is 0.496. The Morgan fingerprint density at radius 3 is 3.11 bits per heavy atom. The first-order valence-corrected chi connectivity index (χ1v) is 6.31. The Hall–Kier alpha value is -1.56. The summed E-state index contributed by atoms with van der Waals surface area (Å²) < 4.78 is 7.01. The molecule has 0 radical (unpaired) electrons. The topological polar surface area (TPSA) is 77.5 Å². The van der Waals surface area contributed by atoms with Crippen LogP contribution in [0.3, 0.4) is 0 Å². The lowest BCUT2D eigenvalue weighted by molar-refractivity contribution is 0.146. The van der Waals surface area contributed by atoms with Gasteiger partial charge in [-0.3, -0.25) is 9.67 Å². The zero-order valence-corrected chi connectivity index (χ0v) is 11.2. The molecule has 1 heterocycles. The van der Waals surface area contributed by atoms with Crippen LogP contribution in [0.15, 0.2) is 17.4 Å². The second-order valence-electron chi connectivity index (χ2n) is 4.02. The van der Waals surface area contributed by atoms with Crippen molar-refractivity contribution in [1.82, 2.24) is 15.1 Å². The van der Waals surface area contributed by atoms with Crippen LogP contribution >= 0.6 is 0 Å². The summed E-state index contributed by atoms with van der Waals surface area (Å²) in [5.74, 6) is 0.496. The number of nitrogens with two attached hydrogens (primary N) is 1. The highest BCUT2D eigenvalue weighted by atomic mass is 16.5. The number of hydrogen-bond donors (Lipinski definition) is 2. The van der Waals surface area contributed by atoms with Crippen LogP contribution < -0.4 is 11.1 Å². The molecule has 1 rings (SSSR count). The molecule has 6 heteroatoms. The molecule has 0 spiro atoms. The van der Waals surface area contributed by atoms with Gasteiger partial charge in [0.15, 0.2) is 5.96 Å². The smallest absolute Gasteiger partial charge is 0.188 e. The van der Waals surface area contributed by atoms with E-state index in [1.54, 1.807) is 4.68 Å². The third kappa shape index (κ3) is 6.24. The maximum absolute atomic E-state index is 5.74. The fourth-order valence-corrected chi connectivity index (χ4v) is 1.50. The van der Waals surface area contributed by atoms with Crippen molar-refractivity contribution in [2.45, 2.75) is 19.8 Å². The molecule has 0 saturated heterocycles. The predicted molar refractivity (Wildman–Crippen MR) is 72.5 cm³/mol. The summed E-state index contributed by atoms with van der Waals surface area (Å²) in [7, 11) is 1.91. The summed E-state index contributed by atoms with van der Waals surface area (Å²) in [5.41, 5.74) is 6.92. The number of nitrogens with zero attached hydrogens (tertiary/aromatic N) is 3. The third-order valence-electron chi connectivity index (χ3n) is 2.41. The van der Waals surface area contributed by atoms with Crippen LogP contribution in [0.5, 0.6) is 0 Å². The Kier molecular flexibility index (Phi) is 6.86. The van der Waals surface area contributed by atoms with E-state index in [9.17, 15) is 0 Å². The van der Waals surface area contributed by atoms with E-state index in [2.05, 4.69) is 15.4 Å². The lowest BCUT2D eigenvalue weighted by atomic mass is 10.2. The summed E-state index contributed by atoms with van der Waals surface area (Å²) >= 11 is 0. The normalized spacial score (nSPS) is 11.8. The monoisotopic (exact) mass is 253 g/mol. The number of guanidine groups is 1. The molecular weight excluding hydrogens is 230 g/mol. The molecule has 102 valence electrons.